The molecule has 0 fully saturated rings. The van der Waals surface area contributed by atoms with E-state index in [2.05, 4.69) is 255 Å². The van der Waals surface area contributed by atoms with Gasteiger partial charge in [0.1, 0.15) is 0 Å². The zero-order valence-corrected chi connectivity index (χ0v) is 34.9. The largest absolute Gasteiger partial charge is 0.0789 e. The molecule has 0 radical (unpaired) electrons. The van der Waals surface area contributed by atoms with E-state index >= 15 is 0 Å². The maximum atomic E-state index is 2.54. The lowest BCUT2D eigenvalue weighted by Crippen LogP contribution is -2.36. The first-order chi connectivity index (χ1) is 31.3. The van der Waals surface area contributed by atoms with Crippen molar-refractivity contribution in [2.24, 2.45) is 5.92 Å². The van der Waals surface area contributed by atoms with E-state index in [1.807, 2.05) is 0 Å². The Hall–Kier alpha value is -7.54. The third-order valence-corrected chi connectivity index (χ3v) is 15.1. The maximum absolute atomic E-state index is 2.54. The number of benzene rings is 9. The van der Waals surface area contributed by atoms with Gasteiger partial charge < -0.3 is 0 Å². The van der Waals surface area contributed by atoms with E-state index < -0.39 is 16.2 Å². The predicted molar refractivity (Wildman–Crippen MR) is 258 cm³/mol. The molecule has 0 heteroatoms. The average molecular weight is 801 g/mol. The van der Waals surface area contributed by atoms with Crippen LogP contribution in [0.2, 0.25) is 0 Å². The van der Waals surface area contributed by atoms with Crippen LogP contribution in [0, 0.1) is 5.92 Å². The molecule has 0 nitrogen and oxygen atoms in total. The predicted octanol–water partition coefficient (Wildman–Crippen LogP) is 14.6. The summed E-state index contributed by atoms with van der Waals surface area (Å²) in [6.45, 7) is 0. The highest BCUT2D eigenvalue weighted by Crippen LogP contribution is 2.73. The molecule has 0 N–H and O–H groups in total. The summed E-state index contributed by atoms with van der Waals surface area (Å²) in [6, 6.07) is 87.5. The van der Waals surface area contributed by atoms with Crippen LogP contribution in [-0.4, -0.2) is 0 Å². The number of hydrogen-bond donors (Lipinski definition) is 0. The molecule has 4 aliphatic rings. The second-order valence-electron chi connectivity index (χ2n) is 17.7. The smallest absolute Gasteiger partial charge is 0.0719 e. The van der Waals surface area contributed by atoms with E-state index in [1.165, 1.54) is 89.0 Å². The van der Waals surface area contributed by atoms with E-state index in [9.17, 15) is 0 Å². The van der Waals surface area contributed by atoms with Crippen LogP contribution in [0.15, 0.2) is 255 Å². The fraction of sp³-hybridized carbons (Fsp3) is 0.0794. The van der Waals surface area contributed by atoms with Crippen LogP contribution >= 0.6 is 0 Å². The summed E-state index contributed by atoms with van der Waals surface area (Å²) in [7, 11) is 0. The topological polar surface area (TPSA) is 0 Å². The fourth-order valence-electron chi connectivity index (χ4n) is 13.1. The van der Waals surface area contributed by atoms with Gasteiger partial charge in [-0.15, -0.1) is 0 Å². The van der Waals surface area contributed by atoms with Gasteiger partial charge in [0.25, 0.3) is 0 Å². The molecule has 0 aliphatic heterocycles. The van der Waals surface area contributed by atoms with E-state index in [0.29, 0.717) is 0 Å². The van der Waals surface area contributed by atoms with Crippen LogP contribution in [-0.2, 0) is 16.2 Å². The van der Waals surface area contributed by atoms with Gasteiger partial charge in [0.05, 0.1) is 16.2 Å². The quantitative estimate of drug-likeness (QED) is 0.157. The molecule has 0 bridgehead atoms. The van der Waals surface area contributed by atoms with Gasteiger partial charge in [-0.2, -0.15) is 0 Å². The minimum absolute atomic E-state index is 0.0844. The van der Waals surface area contributed by atoms with Crippen molar-refractivity contribution in [2.45, 2.75) is 22.2 Å². The summed E-state index contributed by atoms with van der Waals surface area (Å²) in [6.07, 6.45) is 9.71. The second kappa shape index (κ2) is 13.7. The van der Waals surface area contributed by atoms with E-state index in [0.717, 1.165) is 0 Å². The van der Waals surface area contributed by atoms with Crippen LogP contribution in [0.4, 0.5) is 0 Å². The van der Waals surface area contributed by atoms with Gasteiger partial charge in [0.2, 0.25) is 0 Å². The first-order valence-corrected chi connectivity index (χ1v) is 22.4. The summed E-state index contributed by atoms with van der Waals surface area (Å²) in [5.74, 6) is 0.183. The molecule has 9 aromatic carbocycles. The lowest BCUT2D eigenvalue weighted by atomic mass is 9.60. The van der Waals surface area contributed by atoms with Crippen LogP contribution in [0.3, 0.4) is 0 Å². The second-order valence-corrected chi connectivity index (χ2v) is 17.7. The van der Waals surface area contributed by atoms with Crippen molar-refractivity contribution >= 4 is 0 Å². The van der Waals surface area contributed by atoms with Crippen LogP contribution < -0.4 is 0 Å². The molecule has 2 atom stereocenters. The van der Waals surface area contributed by atoms with Crippen molar-refractivity contribution in [1.29, 1.82) is 0 Å². The van der Waals surface area contributed by atoms with Crippen molar-refractivity contribution in [3.05, 3.63) is 322 Å². The van der Waals surface area contributed by atoms with Gasteiger partial charge in [-0.05, 0) is 89.0 Å². The normalized spacial score (nSPS) is 18.4. The molecule has 0 saturated carbocycles. The zero-order valence-electron chi connectivity index (χ0n) is 34.9. The van der Waals surface area contributed by atoms with Gasteiger partial charge in [-0.25, -0.2) is 0 Å². The standard InChI is InChI=1S/C63H44/c1-7-25-43(26-8-1)61(44-27-9-2-10-28-44)52-40-22-19-37-49(52)55-58(61)56-50-38-20-23-41-53(50)62(45-29-11-3-12-30-45,46-31-13-4-14-32-46)60(56)57-51-39-21-24-42-54(51)63(59(55)57,47-33-15-5-16-34-47)48-35-17-6-18-36-48/h1-42,49,52H. The summed E-state index contributed by atoms with van der Waals surface area (Å²) in [5.41, 5.74) is 19.7. The highest BCUT2D eigenvalue weighted by molar-refractivity contribution is 6.03. The van der Waals surface area contributed by atoms with Gasteiger partial charge >= 0.3 is 0 Å². The molecule has 296 valence electrons. The van der Waals surface area contributed by atoms with Gasteiger partial charge in [0, 0.05) is 11.8 Å². The summed E-state index contributed by atoms with van der Waals surface area (Å²) >= 11 is 0. The molecule has 0 aromatic heterocycles. The Morgan fingerprint density at radius 3 is 1.05 bits per heavy atom. The summed E-state index contributed by atoms with van der Waals surface area (Å²) in [4.78, 5) is 0. The molecular weight excluding hydrogens is 757 g/mol. The molecule has 63 heavy (non-hydrogen) atoms. The Morgan fingerprint density at radius 1 is 0.286 bits per heavy atom. The van der Waals surface area contributed by atoms with Crippen LogP contribution in [0.25, 0.3) is 22.3 Å². The van der Waals surface area contributed by atoms with Crippen molar-refractivity contribution in [3.63, 3.8) is 0 Å². The minimum atomic E-state index is -0.650. The zero-order chi connectivity index (χ0) is 41.6. The molecule has 4 aliphatic carbocycles. The van der Waals surface area contributed by atoms with E-state index in [4.69, 9.17) is 0 Å². The van der Waals surface area contributed by atoms with Gasteiger partial charge in [-0.3, -0.25) is 0 Å². The SMILES string of the molecule is C1=CC2c3c4c(c5c(c3C(c3ccccc3)(c3ccccc3)C2C=C1)-c1ccccc1C5(c1ccccc1)c1ccccc1)-c1ccccc1C4(c1ccccc1)c1ccccc1. The Bertz CT molecular complexity index is 3130. The van der Waals surface area contributed by atoms with Crippen molar-refractivity contribution in [3.8, 4) is 22.3 Å². The Balaban J connectivity index is 1.37. The number of allylic oxidation sites excluding steroid dienone is 4. The Kier molecular flexibility index (Phi) is 7.88. The lowest BCUT2D eigenvalue weighted by molar-refractivity contribution is 0.456. The highest BCUT2D eigenvalue weighted by atomic mass is 14.6. The third-order valence-electron chi connectivity index (χ3n) is 15.1. The van der Waals surface area contributed by atoms with Crippen LogP contribution in [0.5, 0.6) is 0 Å². The molecule has 0 heterocycles. The van der Waals surface area contributed by atoms with Gasteiger partial charge in [-0.1, -0.05) is 255 Å². The molecule has 0 saturated heterocycles. The van der Waals surface area contributed by atoms with Gasteiger partial charge in [0.15, 0.2) is 0 Å². The average Bonchev–Trinajstić information content (AvgIpc) is 3.97. The van der Waals surface area contributed by atoms with Crippen LogP contribution in [0.1, 0.15) is 72.7 Å². The molecule has 0 spiro atoms. The third kappa shape index (κ3) is 4.55. The summed E-state index contributed by atoms with van der Waals surface area (Å²) < 4.78 is 0. The van der Waals surface area contributed by atoms with E-state index in [1.54, 1.807) is 0 Å². The van der Waals surface area contributed by atoms with Crippen molar-refractivity contribution < 1.29 is 0 Å². The minimum Gasteiger partial charge on any atom is -0.0789 e. The monoisotopic (exact) mass is 800 g/mol. The molecule has 13 rings (SSSR count). The lowest BCUT2D eigenvalue weighted by Gasteiger charge is -2.41. The first-order valence-electron chi connectivity index (χ1n) is 22.4. The van der Waals surface area contributed by atoms with Crippen molar-refractivity contribution in [2.75, 3.05) is 0 Å². The first kappa shape index (κ1) is 36.1. The molecule has 9 aromatic rings. The fourth-order valence-corrected chi connectivity index (χ4v) is 13.1. The molecule has 0 amide bonds. The number of rotatable bonds is 6. The molecule has 2 unspecified atom stereocenters. The Labute approximate surface area is 370 Å². The maximum Gasteiger partial charge on any atom is 0.0719 e. The van der Waals surface area contributed by atoms with Crippen molar-refractivity contribution in [1.82, 2.24) is 0 Å². The van der Waals surface area contributed by atoms with E-state index in [-0.39, 0.29) is 11.8 Å². The molecular formula is C63H44. The number of fused-ring (bicyclic) bond motifs is 12. The highest BCUT2D eigenvalue weighted by Gasteiger charge is 2.63. The Morgan fingerprint density at radius 2 is 0.619 bits per heavy atom. The number of hydrogen-bond acceptors (Lipinski definition) is 0. The summed E-state index contributed by atoms with van der Waals surface area (Å²) in [5, 5.41) is 0.